The van der Waals surface area contributed by atoms with Crippen molar-refractivity contribution in [3.8, 4) is 0 Å². The van der Waals surface area contributed by atoms with E-state index in [1.807, 2.05) is 20.8 Å². The number of carbonyl (C=O) groups excluding carboxylic acids is 3. The van der Waals surface area contributed by atoms with E-state index in [0.29, 0.717) is 0 Å². The van der Waals surface area contributed by atoms with Gasteiger partial charge in [-0.3, -0.25) is 19.3 Å². The van der Waals surface area contributed by atoms with Gasteiger partial charge >= 0.3 is 0 Å². The average molecular weight is 238 g/mol. The summed E-state index contributed by atoms with van der Waals surface area (Å²) in [6.07, 6.45) is 2.61. The SMILES string of the molecule is CC(C)(C)CC(=O)[C@H](CN)N1C(=O)C=CC1=O. The molecule has 0 unspecified atom stereocenters. The van der Waals surface area contributed by atoms with Gasteiger partial charge in [0.2, 0.25) is 0 Å². The van der Waals surface area contributed by atoms with E-state index < -0.39 is 17.9 Å². The number of carbonyl (C=O) groups is 3. The van der Waals surface area contributed by atoms with E-state index in [9.17, 15) is 14.4 Å². The normalized spacial score (nSPS) is 17.8. The first-order valence-electron chi connectivity index (χ1n) is 5.54. The third kappa shape index (κ3) is 3.23. The molecular weight excluding hydrogens is 220 g/mol. The van der Waals surface area contributed by atoms with Gasteiger partial charge in [-0.2, -0.15) is 0 Å². The highest BCUT2D eigenvalue weighted by Crippen LogP contribution is 2.21. The van der Waals surface area contributed by atoms with Gasteiger partial charge in [0.15, 0.2) is 5.78 Å². The standard InChI is InChI=1S/C12H18N2O3/c1-12(2,3)6-9(15)8(7-13)14-10(16)4-5-11(14)17/h4-5,8H,6-7,13H2,1-3H3/t8-/m0/s1. The fourth-order valence-corrected chi connectivity index (χ4v) is 1.74. The highest BCUT2D eigenvalue weighted by molar-refractivity contribution is 6.15. The second-order valence-corrected chi connectivity index (χ2v) is 5.34. The minimum absolute atomic E-state index is 0.0337. The van der Waals surface area contributed by atoms with E-state index >= 15 is 0 Å². The molecule has 1 atom stereocenters. The second kappa shape index (κ2) is 4.79. The molecule has 0 fully saturated rings. The van der Waals surface area contributed by atoms with Crippen LogP contribution >= 0.6 is 0 Å². The molecule has 1 rings (SSSR count). The molecule has 1 aliphatic heterocycles. The predicted molar refractivity (Wildman–Crippen MR) is 62.9 cm³/mol. The van der Waals surface area contributed by atoms with Crippen LogP contribution < -0.4 is 5.73 Å². The molecule has 0 saturated heterocycles. The summed E-state index contributed by atoms with van der Waals surface area (Å²) < 4.78 is 0. The van der Waals surface area contributed by atoms with E-state index in [4.69, 9.17) is 5.73 Å². The highest BCUT2D eigenvalue weighted by atomic mass is 16.2. The van der Waals surface area contributed by atoms with Gasteiger partial charge in [0.25, 0.3) is 11.8 Å². The van der Waals surface area contributed by atoms with Crippen LogP contribution in [0, 0.1) is 5.41 Å². The second-order valence-electron chi connectivity index (χ2n) is 5.34. The summed E-state index contributed by atoms with van der Waals surface area (Å²) in [5.74, 6) is -1.11. The van der Waals surface area contributed by atoms with E-state index in [1.54, 1.807) is 0 Å². The molecule has 0 spiro atoms. The molecule has 2 amide bonds. The molecule has 5 heteroatoms. The van der Waals surface area contributed by atoms with Crippen molar-refractivity contribution in [1.82, 2.24) is 4.90 Å². The maximum absolute atomic E-state index is 12.0. The van der Waals surface area contributed by atoms with Crippen LogP contribution in [-0.2, 0) is 14.4 Å². The summed E-state index contributed by atoms with van der Waals surface area (Å²) in [6.45, 7) is 5.73. The van der Waals surface area contributed by atoms with Crippen molar-refractivity contribution < 1.29 is 14.4 Å². The molecule has 17 heavy (non-hydrogen) atoms. The van der Waals surface area contributed by atoms with E-state index in [0.717, 1.165) is 17.1 Å². The summed E-state index contributed by atoms with van der Waals surface area (Å²) >= 11 is 0. The zero-order chi connectivity index (χ0) is 13.2. The zero-order valence-corrected chi connectivity index (χ0v) is 10.4. The Hall–Kier alpha value is -1.49. The van der Waals surface area contributed by atoms with Crippen LogP contribution in [0.15, 0.2) is 12.2 Å². The van der Waals surface area contributed by atoms with Gasteiger partial charge < -0.3 is 5.73 Å². The number of nitrogens with two attached hydrogens (primary N) is 1. The van der Waals surface area contributed by atoms with Crippen molar-refractivity contribution in [3.05, 3.63) is 12.2 Å². The maximum atomic E-state index is 12.0. The number of Topliss-reactive ketones (excluding diaryl/α,β-unsaturated/α-hetero) is 1. The highest BCUT2D eigenvalue weighted by Gasteiger charge is 2.35. The Morgan fingerprint density at radius 2 is 1.76 bits per heavy atom. The van der Waals surface area contributed by atoms with Crippen LogP contribution in [-0.4, -0.2) is 35.1 Å². The lowest BCUT2D eigenvalue weighted by Crippen LogP contribution is -2.49. The molecule has 0 radical (unpaired) electrons. The topological polar surface area (TPSA) is 80.5 Å². The predicted octanol–water partition coefficient (Wildman–Crippen LogP) is 0.244. The number of amides is 2. The number of imide groups is 1. The molecule has 1 heterocycles. The first kappa shape index (κ1) is 13.6. The third-order valence-electron chi connectivity index (χ3n) is 2.45. The maximum Gasteiger partial charge on any atom is 0.254 e. The molecule has 0 aliphatic carbocycles. The van der Waals surface area contributed by atoms with Crippen molar-refractivity contribution in [2.24, 2.45) is 11.1 Å². The third-order valence-corrected chi connectivity index (χ3v) is 2.45. The van der Waals surface area contributed by atoms with Crippen LogP contribution in [0.1, 0.15) is 27.2 Å². The Morgan fingerprint density at radius 3 is 2.12 bits per heavy atom. The average Bonchev–Trinajstić information content (AvgIpc) is 2.47. The van der Waals surface area contributed by atoms with Gasteiger partial charge in [-0.05, 0) is 5.41 Å². The Labute approximate surface area is 101 Å². The van der Waals surface area contributed by atoms with Crippen LogP contribution in [0.25, 0.3) is 0 Å². The van der Waals surface area contributed by atoms with Crippen molar-refractivity contribution in [2.75, 3.05) is 6.54 Å². The molecule has 0 saturated carbocycles. The number of nitrogens with zero attached hydrogens (tertiary/aromatic N) is 1. The largest absolute Gasteiger partial charge is 0.328 e. The number of hydrogen-bond donors (Lipinski definition) is 1. The monoisotopic (exact) mass is 238 g/mol. The Kier molecular flexibility index (Phi) is 3.83. The quantitative estimate of drug-likeness (QED) is 0.712. The molecule has 0 bridgehead atoms. The van der Waals surface area contributed by atoms with Crippen LogP contribution in [0.5, 0.6) is 0 Å². The molecule has 0 aromatic heterocycles. The van der Waals surface area contributed by atoms with Gasteiger partial charge in [0.1, 0.15) is 6.04 Å². The van der Waals surface area contributed by atoms with Gasteiger partial charge in [0, 0.05) is 25.1 Å². The minimum atomic E-state index is -0.843. The lowest BCUT2D eigenvalue weighted by molar-refractivity contribution is -0.145. The van der Waals surface area contributed by atoms with E-state index in [1.165, 1.54) is 0 Å². The fraction of sp³-hybridized carbons (Fsp3) is 0.583. The molecule has 94 valence electrons. The Bertz CT molecular complexity index is 362. The summed E-state index contributed by atoms with van der Waals surface area (Å²) in [7, 11) is 0. The first-order valence-corrected chi connectivity index (χ1v) is 5.54. The summed E-state index contributed by atoms with van der Waals surface area (Å²) in [5.41, 5.74) is 5.31. The van der Waals surface area contributed by atoms with Crippen LogP contribution in [0.2, 0.25) is 0 Å². The van der Waals surface area contributed by atoms with Crippen LogP contribution in [0.4, 0.5) is 0 Å². The minimum Gasteiger partial charge on any atom is -0.328 e. The fourth-order valence-electron chi connectivity index (χ4n) is 1.74. The van der Waals surface area contributed by atoms with Crippen molar-refractivity contribution in [2.45, 2.75) is 33.2 Å². The van der Waals surface area contributed by atoms with Gasteiger partial charge in [-0.25, -0.2) is 0 Å². The van der Waals surface area contributed by atoms with Gasteiger partial charge in [-0.1, -0.05) is 20.8 Å². The molecule has 0 aromatic rings. The summed E-state index contributed by atoms with van der Waals surface area (Å²) in [4.78, 5) is 35.9. The zero-order valence-electron chi connectivity index (χ0n) is 10.4. The molecular formula is C12H18N2O3. The summed E-state index contributed by atoms with van der Waals surface area (Å²) in [5, 5.41) is 0. The smallest absolute Gasteiger partial charge is 0.254 e. The first-order chi connectivity index (χ1) is 7.76. The van der Waals surface area contributed by atoms with Gasteiger partial charge in [0.05, 0.1) is 0 Å². The van der Waals surface area contributed by atoms with Crippen LogP contribution in [0.3, 0.4) is 0 Å². The van der Waals surface area contributed by atoms with Crippen molar-refractivity contribution >= 4 is 17.6 Å². The lowest BCUT2D eigenvalue weighted by atomic mass is 9.87. The summed E-state index contributed by atoms with van der Waals surface area (Å²) in [6, 6.07) is -0.843. The lowest BCUT2D eigenvalue weighted by Gasteiger charge is -2.26. The van der Waals surface area contributed by atoms with Crippen molar-refractivity contribution in [3.63, 3.8) is 0 Å². The number of ketones is 1. The van der Waals surface area contributed by atoms with Crippen molar-refractivity contribution in [1.29, 1.82) is 0 Å². The van der Waals surface area contributed by atoms with E-state index in [2.05, 4.69) is 0 Å². The molecule has 0 aromatic carbocycles. The molecule has 5 nitrogen and oxygen atoms in total. The number of rotatable bonds is 4. The Morgan fingerprint density at radius 1 is 1.29 bits per heavy atom. The Balaban J connectivity index is 2.82. The van der Waals surface area contributed by atoms with Gasteiger partial charge in [-0.15, -0.1) is 0 Å². The molecule has 2 N–H and O–H groups in total. The number of hydrogen-bond acceptors (Lipinski definition) is 4. The molecule has 1 aliphatic rings. The van der Waals surface area contributed by atoms with E-state index in [-0.39, 0.29) is 24.2 Å².